The second-order valence-electron chi connectivity index (χ2n) is 2.98. The maximum Gasteiger partial charge on any atom is 1.00 e. The molecule has 0 unspecified atom stereocenters. The van der Waals surface area contributed by atoms with Crippen LogP contribution in [0.2, 0.25) is 0 Å². The van der Waals surface area contributed by atoms with Crippen LogP contribution < -0.4 is 69.5 Å². The fourth-order valence-corrected chi connectivity index (χ4v) is 1.28. The maximum absolute atomic E-state index is 10.9. The first-order chi connectivity index (χ1) is 7.59. The van der Waals surface area contributed by atoms with Gasteiger partial charge in [-0.15, -0.1) is 11.4 Å². The molecular formula is C9H10N2Na2O4S. The third-order valence-electron chi connectivity index (χ3n) is 1.89. The number of benzene rings is 1. The van der Waals surface area contributed by atoms with Crippen molar-refractivity contribution in [1.29, 1.82) is 0 Å². The van der Waals surface area contributed by atoms with Crippen molar-refractivity contribution in [2.45, 2.75) is 6.42 Å². The predicted molar refractivity (Wildman–Crippen MR) is 56.2 cm³/mol. The van der Waals surface area contributed by atoms with E-state index in [0.717, 1.165) is 12.2 Å². The van der Waals surface area contributed by atoms with Gasteiger partial charge in [-0.2, -0.15) is 0 Å². The van der Waals surface area contributed by atoms with Gasteiger partial charge in [-0.1, -0.05) is 18.2 Å². The molecule has 1 saturated heterocycles. The normalized spacial score (nSPS) is 12.8. The molecule has 1 aliphatic heterocycles. The number of hydrogen-bond acceptors (Lipinski definition) is 5. The molecule has 0 saturated carbocycles. The molecular weight excluding hydrogens is 278 g/mol. The van der Waals surface area contributed by atoms with Crippen molar-refractivity contribution in [2.75, 3.05) is 11.6 Å². The van der Waals surface area contributed by atoms with Crippen molar-refractivity contribution in [3.05, 3.63) is 30.3 Å². The van der Waals surface area contributed by atoms with Crippen LogP contribution in [0.3, 0.4) is 0 Å². The molecule has 18 heavy (non-hydrogen) atoms. The Morgan fingerprint density at radius 3 is 2.06 bits per heavy atom. The zero-order valence-corrected chi connectivity index (χ0v) is 15.1. The molecule has 1 N–H and O–H groups in total. The SMILES string of the molecule is O=C1CCN(c2ccccc2)N1.O=S([O-])[O-].[Na+].[Na+]. The van der Waals surface area contributed by atoms with E-state index in [0.29, 0.717) is 6.42 Å². The van der Waals surface area contributed by atoms with Gasteiger partial charge < -0.3 is 9.11 Å². The van der Waals surface area contributed by atoms with Crippen LogP contribution >= 0.6 is 0 Å². The third-order valence-corrected chi connectivity index (χ3v) is 1.89. The van der Waals surface area contributed by atoms with E-state index < -0.39 is 11.4 Å². The number of hydrogen-bond donors (Lipinski definition) is 1. The third kappa shape index (κ3) is 8.63. The molecule has 0 bridgehead atoms. The van der Waals surface area contributed by atoms with E-state index in [-0.39, 0.29) is 65.0 Å². The summed E-state index contributed by atoms with van der Waals surface area (Å²) in [6.45, 7) is 0.767. The van der Waals surface area contributed by atoms with Gasteiger partial charge in [0.15, 0.2) is 0 Å². The summed E-state index contributed by atoms with van der Waals surface area (Å²) in [4.78, 5) is 10.9. The van der Waals surface area contributed by atoms with Gasteiger partial charge in [0.25, 0.3) is 0 Å². The first-order valence-electron chi connectivity index (χ1n) is 4.48. The zero-order valence-electron chi connectivity index (χ0n) is 10.3. The Balaban J connectivity index is 0. The van der Waals surface area contributed by atoms with E-state index in [4.69, 9.17) is 13.3 Å². The summed E-state index contributed by atoms with van der Waals surface area (Å²) < 4.78 is 25.3. The van der Waals surface area contributed by atoms with Crippen LogP contribution in [0, 0.1) is 0 Å². The van der Waals surface area contributed by atoms with Gasteiger partial charge in [0.2, 0.25) is 5.91 Å². The summed E-state index contributed by atoms with van der Waals surface area (Å²) in [6.07, 6.45) is 0.592. The van der Waals surface area contributed by atoms with E-state index in [1.54, 1.807) is 0 Å². The van der Waals surface area contributed by atoms with E-state index in [1.807, 2.05) is 35.3 Å². The first kappa shape index (κ1) is 20.9. The Morgan fingerprint density at radius 2 is 1.67 bits per heavy atom. The Labute approximate surface area is 152 Å². The molecule has 0 radical (unpaired) electrons. The average molecular weight is 288 g/mol. The zero-order chi connectivity index (χ0) is 12.0. The van der Waals surface area contributed by atoms with Gasteiger partial charge in [0.05, 0.1) is 5.69 Å². The van der Waals surface area contributed by atoms with Crippen LogP contribution in [-0.4, -0.2) is 25.8 Å². The number of hydrazine groups is 1. The fraction of sp³-hybridized carbons (Fsp3) is 0.222. The minimum absolute atomic E-state index is 0. The molecule has 0 aromatic heterocycles. The molecule has 0 atom stereocenters. The van der Waals surface area contributed by atoms with E-state index >= 15 is 0 Å². The topological polar surface area (TPSA) is 95.5 Å². The summed E-state index contributed by atoms with van der Waals surface area (Å²) in [5.41, 5.74) is 3.81. The number of anilines is 1. The fourth-order valence-electron chi connectivity index (χ4n) is 1.28. The number of carbonyl (C=O) groups is 1. The van der Waals surface area contributed by atoms with Gasteiger partial charge in [-0.25, -0.2) is 0 Å². The molecule has 1 amide bonds. The van der Waals surface area contributed by atoms with Crippen LogP contribution in [0.5, 0.6) is 0 Å². The molecule has 6 nitrogen and oxygen atoms in total. The van der Waals surface area contributed by atoms with Crippen molar-refractivity contribution < 1.29 is 77.2 Å². The number of amides is 1. The first-order valence-corrected chi connectivity index (χ1v) is 5.48. The molecule has 1 heterocycles. The summed E-state index contributed by atoms with van der Waals surface area (Å²) in [5.74, 6) is 0.0962. The number of nitrogens with zero attached hydrogens (tertiary/aromatic N) is 1. The number of carbonyl (C=O) groups excluding carboxylic acids is 1. The van der Waals surface area contributed by atoms with Crippen molar-refractivity contribution in [3.8, 4) is 0 Å². The van der Waals surface area contributed by atoms with Crippen molar-refractivity contribution in [2.24, 2.45) is 0 Å². The molecule has 9 heteroatoms. The van der Waals surface area contributed by atoms with Gasteiger partial charge >= 0.3 is 59.1 Å². The molecule has 1 fully saturated rings. The van der Waals surface area contributed by atoms with Gasteiger partial charge in [0, 0.05) is 13.0 Å². The van der Waals surface area contributed by atoms with Gasteiger partial charge in [-0.3, -0.25) is 19.4 Å². The number of nitrogens with one attached hydrogen (secondary N) is 1. The van der Waals surface area contributed by atoms with E-state index in [1.165, 1.54) is 0 Å². The minimum atomic E-state index is -3.11. The molecule has 0 aliphatic carbocycles. The Bertz CT molecular complexity index is 376. The van der Waals surface area contributed by atoms with E-state index in [2.05, 4.69) is 5.43 Å². The maximum atomic E-state index is 10.9. The van der Waals surface area contributed by atoms with Crippen molar-refractivity contribution in [3.63, 3.8) is 0 Å². The Kier molecular flexibility index (Phi) is 13.2. The van der Waals surface area contributed by atoms with Gasteiger partial charge in [0.1, 0.15) is 0 Å². The van der Waals surface area contributed by atoms with Crippen molar-refractivity contribution in [1.82, 2.24) is 5.43 Å². The quantitative estimate of drug-likeness (QED) is 0.410. The monoisotopic (exact) mass is 288 g/mol. The van der Waals surface area contributed by atoms with Crippen LogP contribution in [0.4, 0.5) is 5.69 Å². The number of para-hydroxylation sites is 1. The average Bonchev–Trinajstić information content (AvgIpc) is 2.65. The summed E-state index contributed by atoms with van der Waals surface area (Å²) in [6, 6.07) is 9.83. The Morgan fingerprint density at radius 1 is 1.17 bits per heavy atom. The van der Waals surface area contributed by atoms with Crippen LogP contribution in [0.1, 0.15) is 6.42 Å². The second-order valence-corrected chi connectivity index (χ2v) is 3.38. The summed E-state index contributed by atoms with van der Waals surface area (Å²) in [5, 5.41) is 1.86. The summed E-state index contributed by atoms with van der Waals surface area (Å²) in [7, 11) is 0. The van der Waals surface area contributed by atoms with Gasteiger partial charge in [-0.05, 0) is 12.1 Å². The van der Waals surface area contributed by atoms with Crippen LogP contribution in [-0.2, 0) is 16.2 Å². The standard InChI is InChI=1S/C9H10N2O.2Na.H2O3S/c12-9-6-7-11(10-9)8-4-2-1-3-5-8;;;1-4(2)3/h1-5H,6-7H2,(H,10,12);;;(H2,1,2,3)/q;2*+1;/p-2. The minimum Gasteiger partial charge on any atom is -0.784 e. The Hall–Kier alpha value is 0.560. The molecule has 0 spiro atoms. The molecule has 1 aromatic rings. The summed E-state index contributed by atoms with van der Waals surface area (Å²) >= 11 is -3.11. The number of rotatable bonds is 1. The molecule has 1 aliphatic rings. The molecule has 2 rings (SSSR count). The smallest absolute Gasteiger partial charge is 0.784 e. The second kappa shape index (κ2) is 11.4. The predicted octanol–water partition coefficient (Wildman–Crippen LogP) is -6.07. The molecule has 1 aromatic carbocycles. The van der Waals surface area contributed by atoms with E-state index in [9.17, 15) is 4.79 Å². The van der Waals surface area contributed by atoms with Crippen LogP contribution in [0.25, 0.3) is 0 Å². The van der Waals surface area contributed by atoms with Crippen LogP contribution in [0.15, 0.2) is 30.3 Å². The molecule has 88 valence electrons. The largest absolute Gasteiger partial charge is 1.00 e. The van der Waals surface area contributed by atoms with Crippen molar-refractivity contribution >= 4 is 23.0 Å².